The summed E-state index contributed by atoms with van der Waals surface area (Å²) in [4.78, 5) is 23.9. The fourth-order valence-electron chi connectivity index (χ4n) is 2.38. The highest BCUT2D eigenvalue weighted by molar-refractivity contribution is 5.85. The van der Waals surface area contributed by atoms with E-state index in [4.69, 9.17) is 15.0 Å². The third kappa shape index (κ3) is 7.27. The average Bonchev–Trinajstić information content (AvgIpc) is 3.15. The summed E-state index contributed by atoms with van der Waals surface area (Å²) >= 11 is 0. The Hall–Kier alpha value is -3.88. The van der Waals surface area contributed by atoms with Gasteiger partial charge in [-0.25, -0.2) is 14.6 Å². The number of alkyl halides is 3. The molecule has 0 radical (unpaired) electrons. The zero-order valence-corrected chi connectivity index (χ0v) is 15.5. The van der Waals surface area contributed by atoms with Crippen LogP contribution in [0.15, 0.2) is 73.2 Å². The van der Waals surface area contributed by atoms with Crippen LogP contribution in [0.25, 0.3) is 17.3 Å². The first-order valence-corrected chi connectivity index (χ1v) is 8.52. The summed E-state index contributed by atoms with van der Waals surface area (Å²) in [6.07, 6.45) is 1.47. The van der Waals surface area contributed by atoms with Gasteiger partial charge in [-0.3, -0.25) is 0 Å². The fourth-order valence-corrected chi connectivity index (χ4v) is 2.38. The Morgan fingerprint density at radius 1 is 1.03 bits per heavy atom. The molecule has 0 atom stereocenters. The number of hydrogen-bond acceptors (Lipinski definition) is 3. The van der Waals surface area contributed by atoms with E-state index in [9.17, 15) is 18.0 Å². The predicted molar refractivity (Wildman–Crippen MR) is 104 cm³/mol. The number of hydrogen-bond donors (Lipinski definition) is 2. The van der Waals surface area contributed by atoms with Crippen molar-refractivity contribution in [2.75, 3.05) is 0 Å². The van der Waals surface area contributed by atoms with Gasteiger partial charge >= 0.3 is 18.1 Å². The molecule has 3 rings (SSSR count). The summed E-state index contributed by atoms with van der Waals surface area (Å²) in [5.74, 6) is -3.70. The van der Waals surface area contributed by atoms with Gasteiger partial charge in [0.05, 0.1) is 12.0 Å². The summed E-state index contributed by atoms with van der Waals surface area (Å²) in [5, 5.41) is 15.8. The van der Waals surface area contributed by atoms with Crippen molar-refractivity contribution < 1.29 is 33.0 Å². The fraction of sp³-hybridized carbons (Fsp3) is 0.0952. The van der Waals surface area contributed by atoms with Crippen LogP contribution in [-0.4, -0.2) is 37.9 Å². The molecule has 0 fully saturated rings. The summed E-state index contributed by atoms with van der Waals surface area (Å²) in [5.41, 5.74) is 3.99. The SMILES string of the molecule is O=C(O)/C=C/c1cccc(Cn2cnc(-c3ccccc3)c2)c1.O=C(O)C(F)(F)F. The van der Waals surface area contributed by atoms with E-state index in [1.165, 1.54) is 0 Å². The Labute approximate surface area is 169 Å². The molecule has 0 saturated heterocycles. The molecule has 0 aliphatic rings. The minimum atomic E-state index is -5.08. The summed E-state index contributed by atoms with van der Waals surface area (Å²) in [6, 6.07) is 17.8. The summed E-state index contributed by atoms with van der Waals surface area (Å²) < 4.78 is 33.8. The highest BCUT2D eigenvalue weighted by atomic mass is 19.4. The van der Waals surface area contributed by atoms with Gasteiger partial charge in [0.2, 0.25) is 0 Å². The Kier molecular flexibility index (Phi) is 7.51. The Morgan fingerprint density at radius 3 is 2.30 bits per heavy atom. The predicted octanol–water partition coefficient (Wildman–Crippen LogP) is 4.33. The van der Waals surface area contributed by atoms with Crippen LogP contribution in [0, 0.1) is 0 Å². The lowest BCUT2D eigenvalue weighted by Gasteiger charge is -2.03. The average molecular weight is 418 g/mol. The highest BCUT2D eigenvalue weighted by Gasteiger charge is 2.38. The van der Waals surface area contributed by atoms with Crippen LogP contribution in [0.5, 0.6) is 0 Å². The second-order valence-electron chi connectivity index (χ2n) is 6.02. The molecule has 2 aromatic carbocycles. The quantitative estimate of drug-likeness (QED) is 0.602. The van der Waals surface area contributed by atoms with Crippen molar-refractivity contribution in [3.8, 4) is 11.3 Å². The first-order valence-electron chi connectivity index (χ1n) is 8.52. The standard InChI is InChI=1S/C19H16N2O2.C2HF3O2/c22-19(23)10-9-15-5-4-6-16(11-15)12-21-13-18(20-14-21)17-7-2-1-3-8-17;3-2(4,5)1(6)7/h1-11,13-14H,12H2,(H,22,23);(H,6,7)/b10-9+;. The molecule has 0 bridgehead atoms. The van der Waals surface area contributed by atoms with E-state index in [1.54, 1.807) is 6.08 Å². The zero-order chi connectivity index (χ0) is 22.1. The Balaban J connectivity index is 0.000000396. The van der Waals surface area contributed by atoms with E-state index in [-0.39, 0.29) is 0 Å². The molecular weight excluding hydrogens is 401 g/mol. The van der Waals surface area contributed by atoms with Gasteiger partial charge < -0.3 is 14.8 Å². The molecule has 9 heteroatoms. The van der Waals surface area contributed by atoms with Gasteiger partial charge in [-0.15, -0.1) is 0 Å². The second-order valence-corrected chi connectivity index (χ2v) is 6.02. The number of carboxylic acids is 2. The van der Waals surface area contributed by atoms with Crippen LogP contribution in [0.2, 0.25) is 0 Å². The first kappa shape index (κ1) is 22.4. The molecule has 1 aromatic heterocycles. The first-order chi connectivity index (χ1) is 14.1. The van der Waals surface area contributed by atoms with Crippen molar-refractivity contribution in [1.82, 2.24) is 9.55 Å². The monoisotopic (exact) mass is 418 g/mol. The lowest BCUT2D eigenvalue weighted by molar-refractivity contribution is -0.192. The largest absolute Gasteiger partial charge is 0.490 e. The van der Waals surface area contributed by atoms with Crippen molar-refractivity contribution in [2.24, 2.45) is 0 Å². The molecule has 2 N–H and O–H groups in total. The number of benzene rings is 2. The van der Waals surface area contributed by atoms with E-state index in [0.29, 0.717) is 6.54 Å². The summed E-state index contributed by atoms with van der Waals surface area (Å²) in [6.45, 7) is 0.689. The molecule has 156 valence electrons. The van der Waals surface area contributed by atoms with E-state index in [2.05, 4.69) is 4.98 Å². The van der Waals surface area contributed by atoms with Crippen molar-refractivity contribution in [1.29, 1.82) is 0 Å². The number of nitrogens with zero attached hydrogens (tertiary/aromatic N) is 2. The van der Waals surface area contributed by atoms with Gasteiger partial charge in [0.25, 0.3) is 0 Å². The molecule has 0 aliphatic carbocycles. The van der Waals surface area contributed by atoms with Gasteiger partial charge in [-0.05, 0) is 23.3 Å². The van der Waals surface area contributed by atoms with E-state index in [1.807, 2.05) is 71.7 Å². The number of aliphatic carboxylic acids is 2. The molecule has 0 amide bonds. The van der Waals surface area contributed by atoms with Gasteiger partial charge in [0.1, 0.15) is 0 Å². The normalized spacial score (nSPS) is 11.0. The number of aromatic nitrogens is 2. The maximum absolute atomic E-state index is 10.6. The van der Waals surface area contributed by atoms with Crippen LogP contribution in [0.3, 0.4) is 0 Å². The Morgan fingerprint density at radius 2 is 1.70 bits per heavy atom. The van der Waals surface area contributed by atoms with Gasteiger partial charge in [-0.1, -0.05) is 48.5 Å². The van der Waals surface area contributed by atoms with Crippen molar-refractivity contribution in [3.05, 3.63) is 84.3 Å². The molecule has 0 unspecified atom stereocenters. The maximum atomic E-state index is 10.6. The van der Waals surface area contributed by atoms with Crippen LogP contribution >= 0.6 is 0 Å². The van der Waals surface area contributed by atoms with Gasteiger partial charge in [-0.2, -0.15) is 13.2 Å². The second kappa shape index (κ2) is 10.1. The van der Waals surface area contributed by atoms with E-state index < -0.39 is 18.1 Å². The molecule has 0 aliphatic heterocycles. The lowest BCUT2D eigenvalue weighted by atomic mass is 10.1. The number of carboxylic acid groups (broad SMARTS) is 2. The van der Waals surface area contributed by atoms with Crippen LogP contribution < -0.4 is 0 Å². The minimum absolute atomic E-state index is 0.689. The topological polar surface area (TPSA) is 92.4 Å². The van der Waals surface area contributed by atoms with Crippen molar-refractivity contribution in [3.63, 3.8) is 0 Å². The van der Waals surface area contributed by atoms with Crippen molar-refractivity contribution >= 4 is 18.0 Å². The maximum Gasteiger partial charge on any atom is 0.490 e. The van der Waals surface area contributed by atoms with Crippen LogP contribution in [0.1, 0.15) is 11.1 Å². The third-order valence-electron chi connectivity index (χ3n) is 3.68. The number of imidazole rings is 1. The highest BCUT2D eigenvalue weighted by Crippen LogP contribution is 2.17. The van der Waals surface area contributed by atoms with E-state index in [0.717, 1.165) is 28.5 Å². The minimum Gasteiger partial charge on any atom is -0.478 e. The summed E-state index contributed by atoms with van der Waals surface area (Å²) in [7, 11) is 0. The lowest BCUT2D eigenvalue weighted by Crippen LogP contribution is -2.21. The number of rotatable bonds is 5. The van der Waals surface area contributed by atoms with Crippen molar-refractivity contribution in [2.45, 2.75) is 12.7 Å². The third-order valence-corrected chi connectivity index (χ3v) is 3.68. The molecule has 30 heavy (non-hydrogen) atoms. The molecule has 6 nitrogen and oxygen atoms in total. The molecule has 0 spiro atoms. The van der Waals surface area contributed by atoms with E-state index >= 15 is 0 Å². The molecule has 0 saturated carbocycles. The van der Waals surface area contributed by atoms with Gasteiger partial charge in [0.15, 0.2) is 0 Å². The zero-order valence-electron chi connectivity index (χ0n) is 15.5. The number of halogens is 3. The van der Waals surface area contributed by atoms with Gasteiger partial charge in [0, 0.05) is 24.4 Å². The van der Waals surface area contributed by atoms with Crippen LogP contribution in [0.4, 0.5) is 13.2 Å². The Bertz CT molecular complexity index is 1030. The molecule has 3 aromatic rings. The van der Waals surface area contributed by atoms with Crippen LogP contribution in [-0.2, 0) is 16.1 Å². The molecular formula is C21H17F3N2O4. The smallest absolute Gasteiger partial charge is 0.478 e. The number of carbonyl (C=O) groups is 2. The molecule has 1 heterocycles.